The molecule has 5 nitrogen and oxygen atoms in total. The van der Waals surface area contributed by atoms with E-state index in [4.69, 9.17) is 4.74 Å². The third-order valence-corrected chi connectivity index (χ3v) is 4.47. The summed E-state index contributed by atoms with van der Waals surface area (Å²) < 4.78 is 5.76. The molecule has 2 amide bonds. The van der Waals surface area contributed by atoms with Crippen molar-refractivity contribution in [1.82, 2.24) is 5.32 Å². The molecule has 0 unspecified atom stereocenters. The molecule has 142 valence electrons. The van der Waals surface area contributed by atoms with Crippen molar-refractivity contribution >= 4 is 17.5 Å². The van der Waals surface area contributed by atoms with Crippen molar-refractivity contribution in [2.24, 2.45) is 0 Å². The highest BCUT2D eigenvalue weighted by Crippen LogP contribution is 2.27. The van der Waals surface area contributed by atoms with Crippen molar-refractivity contribution in [3.63, 3.8) is 0 Å². The summed E-state index contributed by atoms with van der Waals surface area (Å²) in [5, 5.41) is 5.74. The summed E-state index contributed by atoms with van der Waals surface area (Å²) in [6.07, 6.45) is 2.08. The van der Waals surface area contributed by atoms with E-state index in [-0.39, 0.29) is 18.4 Å². The Balaban J connectivity index is 1.60. The van der Waals surface area contributed by atoms with E-state index in [1.165, 1.54) is 0 Å². The molecule has 5 heteroatoms. The number of hydrogen-bond donors (Lipinski definition) is 2. The van der Waals surface area contributed by atoms with Crippen LogP contribution in [-0.4, -0.2) is 24.5 Å². The molecular weight excluding hydrogens is 340 g/mol. The molecule has 2 N–H and O–H groups in total. The fourth-order valence-corrected chi connectivity index (χ4v) is 2.82. The largest absolute Gasteiger partial charge is 0.483 e. The van der Waals surface area contributed by atoms with E-state index < -0.39 is 0 Å². The molecule has 0 heterocycles. The van der Waals surface area contributed by atoms with Crippen molar-refractivity contribution in [3.05, 3.63) is 59.2 Å². The number of anilines is 1. The van der Waals surface area contributed by atoms with E-state index in [2.05, 4.69) is 24.5 Å². The number of carbonyl (C=O) groups excluding carboxylic acids is 2. The summed E-state index contributed by atoms with van der Waals surface area (Å²) in [6.45, 7) is 6.10. The van der Waals surface area contributed by atoms with Crippen LogP contribution < -0.4 is 15.4 Å². The van der Waals surface area contributed by atoms with Gasteiger partial charge in [0.1, 0.15) is 5.75 Å². The number of aryl methyl sites for hydroxylation is 1. The summed E-state index contributed by atoms with van der Waals surface area (Å²) in [7, 11) is 0. The fourth-order valence-electron chi connectivity index (χ4n) is 2.82. The first-order valence-electron chi connectivity index (χ1n) is 9.36. The van der Waals surface area contributed by atoms with Gasteiger partial charge in [-0.1, -0.05) is 32.0 Å². The molecule has 0 bridgehead atoms. The monoisotopic (exact) mass is 366 g/mol. The highest BCUT2D eigenvalue weighted by atomic mass is 16.5. The van der Waals surface area contributed by atoms with Crippen molar-refractivity contribution in [2.75, 3.05) is 11.9 Å². The van der Waals surface area contributed by atoms with Crippen LogP contribution in [0.3, 0.4) is 0 Å². The van der Waals surface area contributed by atoms with Crippen LogP contribution in [0, 0.1) is 6.92 Å². The molecule has 0 saturated heterocycles. The molecule has 3 rings (SSSR count). The van der Waals surface area contributed by atoms with Crippen molar-refractivity contribution in [3.8, 4) is 5.75 Å². The zero-order chi connectivity index (χ0) is 19.4. The highest BCUT2D eigenvalue weighted by Gasteiger charge is 2.23. The lowest BCUT2D eigenvalue weighted by atomic mass is 10.0. The standard InChI is InChI=1S/C22H26N2O3/c1-14(2)19-10-7-15(3)11-20(19)27-13-21(25)23-18-6-4-5-16(12-18)22(26)24-17-8-9-17/h4-7,10-12,14,17H,8-9,13H2,1-3H3,(H,23,25)(H,24,26). The molecule has 1 aliphatic carbocycles. The van der Waals surface area contributed by atoms with Crippen LogP contribution in [0.5, 0.6) is 5.75 Å². The van der Waals surface area contributed by atoms with E-state index in [9.17, 15) is 9.59 Å². The van der Waals surface area contributed by atoms with Gasteiger partial charge >= 0.3 is 0 Å². The van der Waals surface area contributed by atoms with Crippen LogP contribution in [0.15, 0.2) is 42.5 Å². The molecule has 2 aromatic rings. The van der Waals surface area contributed by atoms with Gasteiger partial charge < -0.3 is 15.4 Å². The van der Waals surface area contributed by atoms with Crippen LogP contribution in [-0.2, 0) is 4.79 Å². The van der Waals surface area contributed by atoms with Gasteiger partial charge in [0.05, 0.1) is 0 Å². The maximum absolute atomic E-state index is 12.3. The van der Waals surface area contributed by atoms with Crippen molar-refractivity contribution < 1.29 is 14.3 Å². The Morgan fingerprint density at radius 2 is 1.93 bits per heavy atom. The molecule has 0 aliphatic heterocycles. The highest BCUT2D eigenvalue weighted by molar-refractivity contribution is 5.97. The minimum Gasteiger partial charge on any atom is -0.483 e. The van der Waals surface area contributed by atoms with E-state index in [1.54, 1.807) is 24.3 Å². The van der Waals surface area contributed by atoms with E-state index >= 15 is 0 Å². The lowest BCUT2D eigenvalue weighted by Gasteiger charge is -2.15. The fraction of sp³-hybridized carbons (Fsp3) is 0.364. The number of rotatable bonds is 7. The Labute approximate surface area is 160 Å². The Hall–Kier alpha value is -2.82. The molecule has 1 saturated carbocycles. The van der Waals surface area contributed by atoms with Crippen LogP contribution in [0.1, 0.15) is 54.1 Å². The van der Waals surface area contributed by atoms with Gasteiger partial charge in [-0.15, -0.1) is 0 Å². The first kappa shape index (κ1) is 19.0. The first-order chi connectivity index (χ1) is 12.9. The Kier molecular flexibility index (Phi) is 5.79. The third-order valence-electron chi connectivity index (χ3n) is 4.47. The Morgan fingerprint density at radius 1 is 1.15 bits per heavy atom. The minimum absolute atomic E-state index is 0.0817. The SMILES string of the molecule is Cc1ccc(C(C)C)c(OCC(=O)Nc2cccc(C(=O)NC3CC3)c2)c1. The zero-order valence-corrected chi connectivity index (χ0v) is 16.0. The number of carbonyl (C=O) groups is 2. The maximum Gasteiger partial charge on any atom is 0.262 e. The molecule has 0 spiro atoms. The molecule has 1 fully saturated rings. The van der Waals surface area contributed by atoms with E-state index in [0.717, 1.165) is 29.7 Å². The lowest BCUT2D eigenvalue weighted by Crippen LogP contribution is -2.25. The van der Waals surface area contributed by atoms with Gasteiger partial charge in [-0.05, 0) is 61.1 Å². The molecular formula is C22H26N2O3. The normalized spacial score (nSPS) is 13.3. The molecule has 0 radical (unpaired) electrons. The molecule has 0 aromatic heterocycles. The minimum atomic E-state index is -0.258. The summed E-state index contributed by atoms with van der Waals surface area (Å²) in [5.74, 6) is 0.681. The van der Waals surface area contributed by atoms with Gasteiger partial charge in [0, 0.05) is 17.3 Å². The Bertz CT molecular complexity index is 841. The molecule has 1 aliphatic rings. The number of hydrogen-bond acceptors (Lipinski definition) is 3. The molecule has 2 aromatic carbocycles. The predicted molar refractivity (Wildman–Crippen MR) is 106 cm³/mol. The van der Waals surface area contributed by atoms with Gasteiger partial charge in [0.2, 0.25) is 0 Å². The van der Waals surface area contributed by atoms with Crippen LogP contribution in [0.4, 0.5) is 5.69 Å². The van der Waals surface area contributed by atoms with Gasteiger partial charge in [0.25, 0.3) is 11.8 Å². The van der Waals surface area contributed by atoms with Crippen LogP contribution >= 0.6 is 0 Å². The maximum atomic E-state index is 12.3. The number of ether oxygens (including phenoxy) is 1. The summed E-state index contributed by atoms with van der Waals surface area (Å²) >= 11 is 0. The quantitative estimate of drug-likeness (QED) is 0.777. The second kappa shape index (κ2) is 8.25. The number of amides is 2. The zero-order valence-electron chi connectivity index (χ0n) is 16.0. The first-order valence-corrected chi connectivity index (χ1v) is 9.36. The number of nitrogens with one attached hydrogen (secondary N) is 2. The third kappa shape index (κ3) is 5.33. The van der Waals surface area contributed by atoms with Crippen LogP contribution in [0.25, 0.3) is 0 Å². The second-order valence-electron chi connectivity index (χ2n) is 7.36. The summed E-state index contributed by atoms with van der Waals surface area (Å²) in [4.78, 5) is 24.4. The Morgan fingerprint density at radius 3 is 2.63 bits per heavy atom. The molecule has 0 atom stereocenters. The van der Waals surface area contributed by atoms with Crippen molar-refractivity contribution in [1.29, 1.82) is 0 Å². The van der Waals surface area contributed by atoms with Gasteiger partial charge in [-0.25, -0.2) is 0 Å². The van der Waals surface area contributed by atoms with Crippen LogP contribution in [0.2, 0.25) is 0 Å². The summed E-state index contributed by atoms with van der Waals surface area (Å²) in [6, 6.07) is 13.3. The van der Waals surface area contributed by atoms with E-state index in [0.29, 0.717) is 23.2 Å². The smallest absolute Gasteiger partial charge is 0.262 e. The van der Waals surface area contributed by atoms with Gasteiger partial charge in [-0.2, -0.15) is 0 Å². The lowest BCUT2D eigenvalue weighted by molar-refractivity contribution is -0.118. The van der Waals surface area contributed by atoms with Crippen molar-refractivity contribution in [2.45, 2.75) is 45.6 Å². The van der Waals surface area contributed by atoms with E-state index in [1.807, 2.05) is 25.1 Å². The average molecular weight is 366 g/mol. The molecule has 27 heavy (non-hydrogen) atoms. The second-order valence-corrected chi connectivity index (χ2v) is 7.36. The van der Waals surface area contributed by atoms with Gasteiger partial charge in [-0.3, -0.25) is 9.59 Å². The summed E-state index contributed by atoms with van der Waals surface area (Å²) in [5.41, 5.74) is 3.29. The predicted octanol–water partition coefficient (Wildman–Crippen LogP) is 4.03. The topological polar surface area (TPSA) is 67.4 Å². The average Bonchev–Trinajstić information content (AvgIpc) is 3.44. The number of benzene rings is 2. The van der Waals surface area contributed by atoms with Gasteiger partial charge in [0.15, 0.2) is 6.61 Å².